The van der Waals surface area contributed by atoms with Crippen molar-refractivity contribution in [3.63, 3.8) is 0 Å². The molecule has 2 aliphatic rings. The minimum atomic E-state index is -0.530. The Labute approximate surface area is 117 Å². The zero-order chi connectivity index (χ0) is 14.5. The first-order chi connectivity index (χ1) is 8.60. The summed E-state index contributed by atoms with van der Waals surface area (Å²) in [7, 11) is 4.04. The van der Waals surface area contributed by atoms with Gasteiger partial charge < -0.3 is 5.11 Å². The molecule has 1 spiro atoms. The molecule has 2 unspecified atom stereocenters. The van der Waals surface area contributed by atoms with E-state index in [2.05, 4.69) is 27.7 Å². The number of aliphatic hydroxyl groups excluding tert-OH is 1. The lowest BCUT2D eigenvalue weighted by atomic mass is 9.57. The fourth-order valence-electron chi connectivity index (χ4n) is 4.14. The second-order valence-electron chi connectivity index (χ2n) is 7.66. The first-order valence-corrected chi connectivity index (χ1v) is 7.46. The highest BCUT2D eigenvalue weighted by atomic mass is 16.9. The van der Waals surface area contributed by atoms with Crippen molar-refractivity contribution >= 4 is 0 Å². The molecular weight excluding hydrogens is 242 g/mol. The normalized spacial score (nSPS) is 39.6. The Morgan fingerprint density at radius 3 is 2.16 bits per heavy atom. The average Bonchev–Trinajstić information content (AvgIpc) is 2.59. The maximum atomic E-state index is 10.8. The van der Waals surface area contributed by atoms with Crippen LogP contribution in [-0.4, -0.2) is 42.5 Å². The van der Waals surface area contributed by atoms with Gasteiger partial charge in [0.15, 0.2) is 0 Å². The van der Waals surface area contributed by atoms with Crippen molar-refractivity contribution in [2.45, 2.75) is 65.3 Å². The monoisotopic (exact) mass is 272 g/mol. The highest BCUT2D eigenvalue weighted by molar-refractivity contribution is 5.03. The number of hydrogen-bond acceptors (Lipinski definition) is 3. The second-order valence-corrected chi connectivity index (χ2v) is 7.66. The van der Waals surface area contributed by atoms with Crippen molar-refractivity contribution in [1.29, 1.82) is 0 Å². The molecule has 0 amide bonds. The SMILES string of the molecule is CCC1(CC)CC2(CC(C)(C)C1O)OC[N+](C)(C)O2. The topological polar surface area (TPSA) is 38.7 Å². The molecular formula is C15H30NO3+. The number of aliphatic hydroxyl groups is 1. The molecule has 0 aromatic rings. The van der Waals surface area contributed by atoms with Gasteiger partial charge in [-0.2, -0.15) is 9.48 Å². The van der Waals surface area contributed by atoms with Crippen LogP contribution in [0.15, 0.2) is 0 Å². The van der Waals surface area contributed by atoms with Crippen LogP contribution in [0.4, 0.5) is 0 Å². The minimum Gasteiger partial charge on any atom is -0.392 e. The van der Waals surface area contributed by atoms with Gasteiger partial charge in [-0.25, -0.2) is 0 Å². The van der Waals surface area contributed by atoms with E-state index in [0.717, 1.165) is 25.7 Å². The summed E-state index contributed by atoms with van der Waals surface area (Å²) in [5.41, 5.74) is -0.291. The summed E-state index contributed by atoms with van der Waals surface area (Å²) in [6.45, 7) is 9.16. The zero-order valence-electron chi connectivity index (χ0n) is 13.3. The highest BCUT2D eigenvalue weighted by Gasteiger charge is 2.62. The molecule has 1 aliphatic heterocycles. The predicted molar refractivity (Wildman–Crippen MR) is 73.9 cm³/mol. The Bertz CT molecular complexity index is 349. The van der Waals surface area contributed by atoms with Crippen LogP contribution >= 0.6 is 0 Å². The number of quaternary nitrogens is 1. The van der Waals surface area contributed by atoms with E-state index in [-0.39, 0.29) is 16.9 Å². The summed E-state index contributed by atoms with van der Waals surface area (Å²) in [4.78, 5) is 6.22. The summed E-state index contributed by atoms with van der Waals surface area (Å²) in [6, 6.07) is 0. The van der Waals surface area contributed by atoms with Gasteiger partial charge in [-0.1, -0.05) is 27.7 Å². The molecule has 1 N–H and O–H groups in total. The lowest BCUT2D eigenvalue weighted by Gasteiger charge is -2.53. The van der Waals surface area contributed by atoms with Gasteiger partial charge in [-0.3, -0.25) is 4.74 Å². The van der Waals surface area contributed by atoms with Gasteiger partial charge in [-0.05, 0) is 18.3 Å². The summed E-state index contributed by atoms with van der Waals surface area (Å²) in [5, 5.41) is 10.8. The van der Waals surface area contributed by atoms with E-state index in [4.69, 9.17) is 9.57 Å². The van der Waals surface area contributed by atoms with E-state index in [1.807, 2.05) is 14.1 Å². The third kappa shape index (κ3) is 2.44. The third-order valence-electron chi connectivity index (χ3n) is 5.13. The first-order valence-electron chi connectivity index (χ1n) is 7.46. The first kappa shape index (κ1) is 15.2. The second kappa shape index (κ2) is 4.42. The Hall–Kier alpha value is -0.160. The van der Waals surface area contributed by atoms with Crippen LogP contribution in [0.1, 0.15) is 53.4 Å². The minimum absolute atomic E-state index is 0.105. The maximum Gasteiger partial charge on any atom is 0.231 e. The van der Waals surface area contributed by atoms with Crippen molar-refractivity contribution < 1.29 is 19.3 Å². The highest BCUT2D eigenvalue weighted by Crippen LogP contribution is 2.57. The van der Waals surface area contributed by atoms with E-state index in [1.165, 1.54) is 0 Å². The van der Waals surface area contributed by atoms with Crippen LogP contribution in [0.25, 0.3) is 0 Å². The summed E-state index contributed by atoms with van der Waals surface area (Å²) < 4.78 is 6.52. The largest absolute Gasteiger partial charge is 0.392 e. The molecule has 19 heavy (non-hydrogen) atoms. The zero-order valence-corrected chi connectivity index (χ0v) is 13.3. The van der Waals surface area contributed by atoms with Gasteiger partial charge in [-0.15, -0.1) is 0 Å². The van der Waals surface area contributed by atoms with Crippen LogP contribution in [0, 0.1) is 10.8 Å². The van der Waals surface area contributed by atoms with Crippen LogP contribution in [0.3, 0.4) is 0 Å². The van der Waals surface area contributed by atoms with E-state index >= 15 is 0 Å². The lowest BCUT2D eigenvalue weighted by Crippen LogP contribution is -2.58. The molecule has 1 heterocycles. The summed E-state index contributed by atoms with van der Waals surface area (Å²) >= 11 is 0. The van der Waals surface area contributed by atoms with Crippen LogP contribution in [0.5, 0.6) is 0 Å². The Balaban J connectivity index is 2.35. The van der Waals surface area contributed by atoms with Gasteiger partial charge in [0.1, 0.15) is 14.1 Å². The molecule has 4 nitrogen and oxygen atoms in total. The van der Waals surface area contributed by atoms with E-state index in [9.17, 15) is 5.11 Å². The summed E-state index contributed by atoms with van der Waals surface area (Å²) in [5.74, 6) is -0.530. The van der Waals surface area contributed by atoms with E-state index in [1.54, 1.807) is 0 Å². The Morgan fingerprint density at radius 1 is 1.16 bits per heavy atom. The number of ether oxygens (including phenoxy) is 1. The molecule has 1 aliphatic carbocycles. The molecule has 4 heteroatoms. The van der Waals surface area contributed by atoms with Gasteiger partial charge in [0.05, 0.1) is 6.10 Å². The molecule has 112 valence electrons. The number of hydroxylamine groups is 3. The van der Waals surface area contributed by atoms with Crippen molar-refractivity contribution in [3.05, 3.63) is 0 Å². The molecule has 1 saturated heterocycles. The Kier molecular flexibility index (Phi) is 3.54. The molecule has 0 aromatic carbocycles. The number of nitrogens with zero attached hydrogens (tertiary/aromatic N) is 1. The maximum absolute atomic E-state index is 10.8. The van der Waals surface area contributed by atoms with Gasteiger partial charge >= 0.3 is 0 Å². The van der Waals surface area contributed by atoms with Gasteiger partial charge in [0.2, 0.25) is 12.5 Å². The molecule has 0 bridgehead atoms. The quantitative estimate of drug-likeness (QED) is 0.786. The number of rotatable bonds is 2. The molecule has 2 atom stereocenters. The van der Waals surface area contributed by atoms with Crippen LogP contribution in [-0.2, 0) is 9.57 Å². The fourth-order valence-corrected chi connectivity index (χ4v) is 4.14. The van der Waals surface area contributed by atoms with Gasteiger partial charge in [0.25, 0.3) is 0 Å². The molecule has 0 radical (unpaired) electrons. The van der Waals surface area contributed by atoms with Crippen LogP contribution < -0.4 is 0 Å². The molecule has 2 rings (SSSR count). The summed E-state index contributed by atoms with van der Waals surface area (Å²) in [6.07, 6.45) is 3.15. The van der Waals surface area contributed by atoms with Crippen molar-refractivity contribution in [2.75, 3.05) is 20.8 Å². The predicted octanol–water partition coefficient (Wildman–Crippen LogP) is 2.67. The standard InChI is InChI=1S/C15H30NO3/c1-7-14(8-2)10-15(9-13(3,4)12(14)17)18-11-16(5,6)19-15/h12,17H,7-11H2,1-6H3/q+1. The van der Waals surface area contributed by atoms with Crippen molar-refractivity contribution in [3.8, 4) is 0 Å². The smallest absolute Gasteiger partial charge is 0.231 e. The lowest BCUT2D eigenvalue weighted by molar-refractivity contribution is -1.07. The van der Waals surface area contributed by atoms with Crippen molar-refractivity contribution in [1.82, 2.24) is 0 Å². The average molecular weight is 272 g/mol. The fraction of sp³-hybridized carbons (Fsp3) is 1.00. The molecule has 0 aromatic heterocycles. The van der Waals surface area contributed by atoms with Crippen molar-refractivity contribution in [2.24, 2.45) is 10.8 Å². The van der Waals surface area contributed by atoms with Gasteiger partial charge in [0, 0.05) is 18.3 Å². The third-order valence-corrected chi connectivity index (χ3v) is 5.13. The van der Waals surface area contributed by atoms with E-state index in [0.29, 0.717) is 11.4 Å². The molecule has 1 saturated carbocycles. The number of hydrogen-bond donors (Lipinski definition) is 1. The Morgan fingerprint density at radius 2 is 1.74 bits per heavy atom. The molecule has 2 fully saturated rings. The van der Waals surface area contributed by atoms with Crippen LogP contribution in [0.2, 0.25) is 0 Å². The van der Waals surface area contributed by atoms with E-state index < -0.39 is 5.79 Å².